The molecule has 0 radical (unpaired) electrons. The second-order valence-electron chi connectivity index (χ2n) is 6.86. The minimum absolute atomic E-state index is 0. The molecule has 0 saturated heterocycles. The molecule has 0 aliphatic heterocycles. The second kappa shape index (κ2) is 13.4. The number of methoxy groups -OCH3 is 1. The van der Waals surface area contributed by atoms with Crippen LogP contribution in [0, 0.1) is 0 Å². The van der Waals surface area contributed by atoms with Crippen LogP contribution in [0.25, 0.3) is 0 Å². The summed E-state index contributed by atoms with van der Waals surface area (Å²) in [6.45, 7) is 10.4. The predicted octanol–water partition coefficient (Wildman–Crippen LogP) is 3.69. The Hall–Kier alpha value is -1.97. The molecule has 0 bridgehead atoms. The maximum atomic E-state index is 6.02. The van der Waals surface area contributed by atoms with Gasteiger partial charge in [-0.15, -0.1) is 24.0 Å². The number of ether oxygens (including phenoxy) is 2. The number of aryl methyl sites for hydroxylation is 2. The van der Waals surface area contributed by atoms with Crippen LogP contribution in [0.4, 0.5) is 0 Å². The number of para-hydroxylation sites is 2. The second-order valence-corrected chi connectivity index (χ2v) is 6.86. The molecular weight excluding hydrogens is 493 g/mol. The summed E-state index contributed by atoms with van der Waals surface area (Å²) in [4.78, 5) is 4.79. The molecule has 1 aromatic carbocycles. The van der Waals surface area contributed by atoms with Gasteiger partial charge in [0, 0.05) is 24.8 Å². The first-order valence-corrected chi connectivity index (χ1v) is 10.4. The van der Waals surface area contributed by atoms with Crippen molar-refractivity contribution in [2.75, 3.05) is 20.2 Å². The van der Waals surface area contributed by atoms with Gasteiger partial charge in [0.1, 0.15) is 6.10 Å². The van der Waals surface area contributed by atoms with Crippen LogP contribution in [-0.2, 0) is 26.4 Å². The number of rotatable bonds is 10. The lowest BCUT2D eigenvalue weighted by Gasteiger charge is -2.19. The minimum Gasteiger partial charge on any atom is -0.493 e. The lowest BCUT2D eigenvalue weighted by molar-refractivity contribution is 0.213. The molecule has 0 aliphatic carbocycles. The van der Waals surface area contributed by atoms with E-state index in [1.807, 2.05) is 42.9 Å². The SMILES string of the molecule is CCNC(=NCc1c(CC)nn(C)c1CC)NCC(C)Oc1ccccc1OC.I. The van der Waals surface area contributed by atoms with Gasteiger partial charge in [-0.2, -0.15) is 5.10 Å². The molecule has 30 heavy (non-hydrogen) atoms. The van der Waals surface area contributed by atoms with Gasteiger partial charge in [0.25, 0.3) is 0 Å². The maximum Gasteiger partial charge on any atom is 0.191 e. The molecule has 0 saturated carbocycles. The highest BCUT2D eigenvalue weighted by Crippen LogP contribution is 2.26. The van der Waals surface area contributed by atoms with E-state index >= 15 is 0 Å². The van der Waals surface area contributed by atoms with Crippen LogP contribution in [0.1, 0.15) is 44.6 Å². The quantitative estimate of drug-likeness (QED) is 0.279. The van der Waals surface area contributed by atoms with Crippen molar-refractivity contribution in [3.05, 3.63) is 41.2 Å². The fraction of sp³-hybridized carbons (Fsp3) is 0.545. The molecule has 0 spiro atoms. The molecule has 1 heterocycles. The Morgan fingerprint density at radius 1 is 1.13 bits per heavy atom. The molecule has 2 aromatic rings. The number of hydrogen-bond acceptors (Lipinski definition) is 4. The van der Waals surface area contributed by atoms with Gasteiger partial charge in [0.15, 0.2) is 17.5 Å². The van der Waals surface area contributed by atoms with Crippen LogP contribution in [0.5, 0.6) is 11.5 Å². The highest BCUT2D eigenvalue weighted by Gasteiger charge is 2.14. The Bertz CT molecular complexity index is 807. The van der Waals surface area contributed by atoms with Crippen molar-refractivity contribution in [2.45, 2.75) is 53.2 Å². The van der Waals surface area contributed by atoms with Gasteiger partial charge < -0.3 is 20.1 Å². The summed E-state index contributed by atoms with van der Waals surface area (Å²) in [6, 6.07) is 7.67. The topological polar surface area (TPSA) is 72.7 Å². The summed E-state index contributed by atoms with van der Waals surface area (Å²) in [7, 11) is 3.65. The summed E-state index contributed by atoms with van der Waals surface area (Å²) < 4.78 is 13.4. The van der Waals surface area contributed by atoms with Gasteiger partial charge in [-0.3, -0.25) is 4.68 Å². The van der Waals surface area contributed by atoms with E-state index in [0.717, 1.165) is 42.5 Å². The molecule has 2 N–H and O–H groups in total. The van der Waals surface area contributed by atoms with Crippen molar-refractivity contribution < 1.29 is 9.47 Å². The molecule has 7 nitrogen and oxygen atoms in total. The van der Waals surface area contributed by atoms with Gasteiger partial charge in [0.2, 0.25) is 0 Å². The Labute approximate surface area is 197 Å². The molecule has 1 aromatic heterocycles. The van der Waals surface area contributed by atoms with Crippen molar-refractivity contribution in [1.29, 1.82) is 0 Å². The number of nitrogens with one attached hydrogen (secondary N) is 2. The Kier molecular flexibility index (Phi) is 11.6. The minimum atomic E-state index is -0.0500. The number of hydrogen-bond donors (Lipinski definition) is 2. The van der Waals surface area contributed by atoms with Gasteiger partial charge in [0.05, 0.1) is 25.9 Å². The summed E-state index contributed by atoms with van der Waals surface area (Å²) in [5.41, 5.74) is 3.60. The van der Waals surface area contributed by atoms with Crippen molar-refractivity contribution in [3.8, 4) is 11.5 Å². The molecule has 168 valence electrons. The van der Waals surface area contributed by atoms with E-state index in [4.69, 9.17) is 14.5 Å². The van der Waals surface area contributed by atoms with Crippen LogP contribution in [0.15, 0.2) is 29.3 Å². The van der Waals surface area contributed by atoms with Crippen molar-refractivity contribution >= 4 is 29.9 Å². The number of halogens is 1. The van der Waals surface area contributed by atoms with Crippen molar-refractivity contribution in [2.24, 2.45) is 12.0 Å². The zero-order valence-electron chi connectivity index (χ0n) is 19.0. The molecule has 0 amide bonds. The Morgan fingerprint density at radius 3 is 2.43 bits per heavy atom. The fourth-order valence-electron chi connectivity index (χ4n) is 3.29. The lowest BCUT2D eigenvalue weighted by atomic mass is 10.1. The van der Waals surface area contributed by atoms with E-state index < -0.39 is 0 Å². The van der Waals surface area contributed by atoms with Gasteiger partial charge in [-0.05, 0) is 38.8 Å². The summed E-state index contributed by atoms with van der Waals surface area (Å²) in [5, 5.41) is 11.3. The number of aromatic nitrogens is 2. The molecule has 2 rings (SSSR count). The Morgan fingerprint density at radius 2 is 1.83 bits per heavy atom. The highest BCUT2D eigenvalue weighted by atomic mass is 127. The van der Waals surface area contributed by atoms with E-state index in [1.165, 1.54) is 11.3 Å². The van der Waals surface area contributed by atoms with Gasteiger partial charge in [-0.1, -0.05) is 26.0 Å². The molecule has 1 atom stereocenters. The average molecular weight is 529 g/mol. The van der Waals surface area contributed by atoms with Crippen LogP contribution < -0.4 is 20.1 Å². The van der Waals surface area contributed by atoms with E-state index in [-0.39, 0.29) is 30.1 Å². The third kappa shape index (κ3) is 7.07. The average Bonchev–Trinajstić information content (AvgIpc) is 3.04. The van der Waals surface area contributed by atoms with Gasteiger partial charge in [-0.25, -0.2) is 4.99 Å². The molecule has 0 aliphatic rings. The monoisotopic (exact) mass is 529 g/mol. The van der Waals surface area contributed by atoms with Crippen LogP contribution in [0.2, 0.25) is 0 Å². The molecule has 8 heteroatoms. The first kappa shape index (κ1) is 26.1. The lowest BCUT2D eigenvalue weighted by Crippen LogP contribution is -2.41. The number of benzene rings is 1. The third-order valence-electron chi connectivity index (χ3n) is 4.72. The summed E-state index contributed by atoms with van der Waals surface area (Å²) >= 11 is 0. The predicted molar refractivity (Wildman–Crippen MR) is 133 cm³/mol. The van der Waals surface area contributed by atoms with Crippen LogP contribution in [0.3, 0.4) is 0 Å². The zero-order valence-corrected chi connectivity index (χ0v) is 21.3. The van der Waals surface area contributed by atoms with Crippen molar-refractivity contribution in [1.82, 2.24) is 20.4 Å². The maximum absolute atomic E-state index is 6.02. The molecule has 1 unspecified atom stereocenters. The van der Waals surface area contributed by atoms with Crippen LogP contribution >= 0.6 is 24.0 Å². The van der Waals surface area contributed by atoms with E-state index in [9.17, 15) is 0 Å². The standard InChI is InChI=1S/C22H35N5O2.HI/c1-7-18-17(19(8-2)27(5)26-18)15-25-22(23-9-3)24-14-16(4)29-21-13-11-10-12-20(21)28-6;/h10-13,16H,7-9,14-15H2,1-6H3,(H2,23,24,25);1H. The van der Waals surface area contributed by atoms with Crippen LogP contribution in [-0.4, -0.2) is 42.0 Å². The number of guanidine groups is 1. The first-order valence-electron chi connectivity index (χ1n) is 10.4. The van der Waals surface area contributed by atoms with Crippen molar-refractivity contribution in [3.63, 3.8) is 0 Å². The smallest absolute Gasteiger partial charge is 0.191 e. The molecular formula is C22H36IN5O2. The molecule has 0 fully saturated rings. The number of nitrogens with zero attached hydrogens (tertiary/aromatic N) is 3. The van der Waals surface area contributed by atoms with Gasteiger partial charge >= 0.3 is 0 Å². The van der Waals surface area contributed by atoms with E-state index in [2.05, 4.69) is 36.5 Å². The number of aliphatic imine (C=N–C) groups is 1. The first-order chi connectivity index (χ1) is 14.0. The summed E-state index contributed by atoms with van der Waals surface area (Å²) in [5.74, 6) is 2.24. The zero-order chi connectivity index (χ0) is 21.2. The normalized spacial score (nSPS) is 12.1. The highest BCUT2D eigenvalue weighted by molar-refractivity contribution is 14.0. The van der Waals surface area contributed by atoms with E-state index in [1.54, 1.807) is 7.11 Å². The Balaban J connectivity index is 0.00000450. The summed E-state index contributed by atoms with van der Waals surface area (Å²) in [6.07, 6.45) is 1.81. The third-order valence-corrected chi connectivity index (χ3v) is 4.72. The largest absolute Gasteiger partial charge is 0.493 e. The fourth-order valence-corrected chi connectivity index (χ4v) is 3.29. The van der Waals surface area contributed by atoms with E-state index in [0.29, 0.717) is 13.1 Å².